The number of hydrogen-bond donors (Lipinski definition) is 2. The number of fused-ring (bicyclic) bond motifs is 1. The van der Waals surface area contributed by atoms with Crippen LogP contribution in [0.3, 0.4) is 0 Å². The third-order valence-corrected chi connectivity index (χ3v) is 5.87. The Morgan fingerprint density at radius 2 is 1.73 bits per heavy atom. The van der Waals surface area contributed by atoms with E-state index < -0.39 is 0 Å². The van der Waals surface area contributed by atoms with Crippen LogP contribution in [0.2, 0.25) is 0 Å². The van der Waals surface area contributed by atoms with E-state index in [1.807, 2.05) is 18.3 Å². The highest BCUT2D eigenvalue weighted by atomic mass is 35.5. The summed E-state index contributed by atoms with van der Waals surface area (Å²) in [6, 6.07) is 6.15. The third kappa shape index (κ3) is 6.98. The zero-order valence-electron chi connectivity index (χ0n) is 18.4. The summed E-state index contributed by atoms with van der Waals surface area (Å²) in [7, 11) is 1.71. The molecule has 1 aliphatic rings. The van der Waals surface area contributed by atoms with Crippen LogP contribution in [0.5, 0.6) is 5.75 Å². The number of aliphatic hydroxyl groups excluding tert-OH is 1. The van der Waals surface area contributed by atoms with Crippen molar-refractivity contribution in [1.82, 2.24) is 14.8 Å². The number of aryl methyl sites for hydroxylation is 1. The molecule has 1 saturated heterocycles. The normalized spacial score (nSPS) is 15.2. The van der Waals surface area contributed by atoms with E-state index in [0.717, 1.165) is 68.0 Å². The average Bonchev–Trinajstić information content (AvgIpc) is 2.74. The van der Waals surface area contributed by atoms with Gasteiger partial charge in [0.25, 0.3) is 0 Å². The van der Waals surface area contributed by atoms with Gasteiger partial charge in [0.2, 0.25) is 0 Å². The van der Waals surface area contributed by atoms with Gasteiger partial charge in [0.15, 0.2) is 0 Å². The van der Waals surface area contributed by atoms with E-state index in [2.05, 4.69) is 33.1 Å². The fraction of sp³-hybridized carbons (Fsp3) is 0.609. The Balaban J connectivity index is 0.00000320. The summed E-state index contributed by atoms with van der Waals surface area (Å²) in [5, 5.41) is 13.7. The number of benzene rings is 1. The van der Waals surface area contributed by atoms with E-state index in [0.29, 0.717) is 0 Å². The summed E-state index contributed by atoms with van der Waals surface area (Å²) in [6.07, 6.45) is 6.82. The minimum atomic E-state index is 0. The molecule has 30 heavy (non-hydrogen) atoms. The lowest BCUT2D eigenvalue weighted by Gasteiger charge is -2.34. The van der Waals surface area contributed by atoms with Crippen molar-refractivity contribution in [3.8, 4) is 5.75 Å². The first kappa shape index (κ1) is 24.7. The molecule has 1 aromatic heterocycles. The Labute approximate surface area is 187 Å². The number of piperazine rings is 1. The number of halogens is 1. The molecular formula is C23H37ClN4O2. The molecular weight excluding hydrogens is 400 g/mol. The Morgan fingerprint density at radius 3 is 2.43 bits per heavy atom. The molecule has 1 aliphatic heterocycles. The van der Waals surface area contributed by atoms with E-state index in [1.165, 1.54) is 31.4 Å². The lowest BCUT2D eigenvalue weighted by Crippen LogP contribution is -2.47. The highest BCUT2D eigenvalue weighted by Crippen LogP contribution is 2.29. The maximum absolute atomic E-state index is 9.02. The summed E-state index contributed by atoms with van der Waals surface area (Å²) in [5.74, 6) is 0.871. The van der Waals surface area contributed by atoms with Gasteiger partial charge in [-0.1, -0.05) is 12.8 Å². The van der Waals surface area contributed by atoms with Gasteiger partial charge in [0, 0.05) is 56.9 Å². The quantitative estimate of drug-likeness (QED) is 0.525. The van der Waals surface area contributed by atoms with Crippen LogP contribution in [0.4, 0.5) is 5.69 Å². The van der Waals surface area contributed by atoms with Crippen molar-refractivity contribution in [3.05, 3.63) is 30.0 Å². The van der Waals surface area contributed by atoms with E-state index >= 15 is 0 Å². The zero-order valence-corrected chi connectivity index (χ0v) is 19.2. The number of nitrogens with zero attached hydrogens (tertiary/aromatic N) is 3. The van der Waals surface area contributed by atoms with Crippen molar-refractivity contribution in [2.75, 3.05) is 64.8 Å². The van der Waals surface area contributed by atoms with Crippen molar-refractivity contribution in [3.63, 3.8) is 0 Å². The number of hydrogen-bond acceptors (Lipinski definition) is 6. The zero-order chi connectivity index (χ0) is 20.5. The molecule has 0 atom stereocenters. The number of methoxy groups -OCH3 is 1. The van der Waals surface area contributed by atoms with Gasteiger partial charge in [-0.05, 0) is 44.0 Å². The average molecular weight is 437 g/mol. The van der Waals surface area contributed by atoms with Gasteiger partial charge in [-0.25, -0.2) is 0 Å². The number of pyridine rings is 1. The monoisotopic (exact) mass is 436 g/mol. The molecule has 2 N–H and O–H groups in total. The molecule has 7 heteroatoms. The molecule has 6 nitrogen and oxygen atoms in total. The fourth-order valence-electron chi connectivity index (χ4n) is 4.03. The van der Waals surface area contributed by atoms with Crippen LogP contribution >= 0.6 is 12.4 Å². The third-order valence-electron chi connectivity index (χ3n) is 5.87. The van der Waals surface area contributed by atoms with Crippen LogP contribution in [0.25, 0.3) is 10.9 Å². The van der Waals surface area contributed by atoms with Crippen molar-refractivity contribution >= 4 is 29.0 Å². The van der Waals surface area contributed by atoms with Crippen LogP contribution in [-0.4, -0.2) is 79.4 Å². The molecule has 0 spiro atoms. The van der Waals surface area contributed by atoms with Gasteiger partial charge in [-0.3, -0.25) is 9.88 Å². The molecule has 2 heterocycles. The largest absolute Gasteiger partial charge is 0.497 e. The maximum atomic E-state index is 9.02. The van der Waals surface area contributed by atoms with Gasteiger partial charge in [-0.15, -0.1) is 12.4 Å². The molecule has 0 unspecified atom stereocenters. The van der Waals surface area contributed by atoms with E-state index in [-0.39, 0.29) is 19.0 Å². The number of anilines is 1. The molecule has 2 aromatic rings. The number of nitrogens with one attached hydrogen (secondary N) is 1. The summed E-state index contributed by atoms with van der Waals surface area (Å²) in [4.78, 5) is 9.48. The number of rotatable bonds is 11. The lowest BCUT2D eigenvalue weighted by molar-refractivity contribution is 0.111. The Hall–Kier alpha value is -1.60. The topological polar surface area (TPSA) is 60.9 Å². The number of ether oxygens (including phenoxy) is 1. The predicted molar refractivity (Wildman–Crippen MR) is 127 cm³/mol. The van der Waals surface area contributed by atoms with E-state index in [1.54, 1.807) is 7.11 Å². The second kappa shape index (κ2) is 13.0. The highest BCUT2D eigenvalue weighted by Gasteiger charge is 2.15. The second-order valence-electron chi connectivity index (χ2n) is 7.95. The summed E-state index contributed by atoms with van der Waals surface area (Å²) < 4.78 is 5.47. The number of aliphatic hydroxyl groups is 1. The second-order valence-corrected chi connectivity index (χ2v) is 7.95. The minimum Gasteiger partial charge on any atom is -0.497 e. The SMILES string of the molecule is COc1cc(NCCCCCCN2CCN(CCO)CC2)c2nccc(C)c2c1.Cl. The van der Waals surface area contributed by atoms with E-state index in [4.69, 9.17) is 9.84 Å². The van der Waals surface area contributed by atoms with Crippen LogP contribution in [-0.2, 0) is 0 Å². The van der Waals surface area contributed by atoms with E-state index in [9.17, 15) is 0 Å². The van der Waals surface area contributed by atoms with Gasteiger partial charge in [0.1, 0.15) is 5.75 Å². The molecule has 168 valence electrons. The van der Waals surface area contributed by atoms with Crippen LogP contribution < -0.4 is 10.1 Å². The summed E-state index contributed by atoms with van der Waals surface area (Å²) in [6.45, 7) is 9.81. The van der Waals surface area contributed by atoms with Crippen molar-refractivity contribution in [2.24, 2.45) is 0 Å². The Kier molecular flexibility index (Phi) is 10.6. The Morgan fingerprint density at radius 1 is 1.03 bits per heavy atom. The standard InChI is InChI=1S/C23H36N4O2.ClH/c1-19-7-9-25-23-21(19)17-20(29-2)18-22(23)24-8-5-3-4-6-10-26-11-13-27(14-12-26)15-16-28;/h7,9,17-18,24,28H,3-6,8,10-16H2,1-2H3;1H. The minimum absolute atomic E-state index is 0. The van der Waals surface area contributed by atoms with Crippen molar-refractivity contribution in [1.29, 1.82) is 0 Å². The first-order chi connectivity index (χ1) is 14.2. The van der Waals surface area contributed by atoms with Gasteiger partial charge >= 0.3 is 0 Å². The molecule has 0 saturated carbocycles. The number of β-amino-alcohol motifs (C(OH)–C–C–N with tert-alkyl or cyclic N) is 1. The molecule has 0 aliphatic carbocycles. The van der Waals surface area contributed by atoms with Crippen LogP contribution in [0.15, 0.2) is 24.4 Å². The first-order valence-electron chi connectivity index (χ1n) is 10.9. The summed E-state index contributed by atoms with van der Waals surface area (Å²) >= 11 is 0. The molecule has 0 bridgehead atoms. The lowest BCUT2D eigenvalue weighted by atomic mass is 10.1. The molecule has 1 fully saturated rings. The highest BCUT2D eigenvalue weighted by molar-refractivity contribution is 5.93. The van der Waals surface area contributed by atoms with Gasteiger partial charge in [-0.2, -0.15) is 0 Å². The first-order valence-corrected chi connectivity index (χ1v) is 10.9. The van der Waals surface area contributed by atoms with Crippen LogP contribution in [0.1, 0.15) is 31.2 Å². The molecule has 0 amide bonds. The van der Waals surface area contributed by atoms with Gasteiger partial charge < -0.3 is 20.1 Å². The summed E-state index contributed by atoms with van der Waals surface area (Å²) in [5.41, 5.74) is 3.30. The molecule has 1 aromatic carbocycles. The number of unbranched alkanes of at least 4 members (excludes halogenated alkanes) is 3. The van der Waals surface area contributed by atoms with Crippen molar-refractivity contribution < 1.29 is 9.84 Å². The Bertz CT molecular complexity index is 766. The fourth-order valence-corrected chi connectivity index (χ4v) is 4.03. The van der Waals surface area contributed by atoms with Crippen molar-refractivity contribution in [2.45, 2.75) is 32.6 Å². The molecule has 0 radical (unpaired) electrons. The van der Waals surface area contributed by atoms with Crippen LogP contribution in [0, 0.1) is 6.92 Å². The number of aromatic nitrogens is 1. The maximum Gasteiger partial charge on any atom is 0.121 e. The predicted octanol–water partition coefficient (Wildman–Crippen LogP) is 3.56. The smallest absolute Gasteiger partial charge is 0.121 e. The van der Waals surface area contributed by atoms with Gasteiger partial charge in [0.05, 0.1) is 24.9 Å². The molecule has 3 rings (SSSR count).